The van der Waals surface area contributed by atoms with Crippen molar-refractivity contribution in [3.05, 3.63) is 101 Å². The van der Waals surface area contributed by atoms with Crippen molar-refractivity contribution in [3.8, 4) is 0 Å². The van der Waals surface area contributed by atoms with Gasteiger partial charge in [-0.25, -0.2) is 0 Å². The van der Waals surface area contributed by atoms with Gasteiger partial charge in [-0.05, 0) is 54.5 Å². The van der Waals surface area contributed by atoms with Crippen LogP contribution in [0, 0.1) is 6.92 Å². The lowest BCUT2D eigenvalue weighted by atomic mass is 10.0. The van der Waals surface area contributed by atoms with Crippen LogP contribution in [0.25, 0.3) is 0 Å². The summed E-state index contributed by atoms with van der Waals surface area (Å²) < 4.78 is 0. The van der Waals surface area contributed by atoms with E-state index in [2.05, 4.69) is 5.32 Å². The molecule has 0 fully saturated rings. The molecule has 0 saturated carbocycles. The van der Waals surface area contributed by atoms with Gasteiger partial charge in [0.1, 0.15) is 6.04 Å². The molecule has 3 aromatic rings. The van der Waals surface area contributed by atoms with Crippen LogP contribution in [0.5, 0.6) is 0 Å². The van der Waals surface area contributed by atoms with Crippen LogP contribution >= 0.6 is 23.4 Å². The van der Waals surface area contributed by atoms with E-state index in [-0.39, 0.29) is 11.8 Å². The number of amides is 2. The number of hydrogen-bond donors (Lipinski definition) is 1. The Morgan fingerprint density at radius 2 is 1.62 bits per heavy atom. The first-order chi connectivity index (χ1) is 16.5. The highest BCUT2D eigenvalue weighted by Gasteiger charge is 2.29. The monoisotopic (exact) mass is 494 g/mol. The normalized spacial score (nSPS) is 11.6. The van der Waals surface area contributed by atoms with Crippen molar-refractivity contribution < 1.29 is 9.59 Å². The topological polar surface area (TPSA) is 49.4 Å². The molecular weight excluding hydrogens is 464 g/mol. The fourth-order valence-electron chi connectivity index (χ4n) is 3.70. The molecule has 0 spiro atoms. The summed E-state index contributed by atoms with van der Waals surface area (Å²) in [6.45, 7) is 2.43. The third-order valence-electron chi connectivity index (χ3n) is 5.61. The number of nitrogens with one attached hydrogen (secondary N) is 1. The van der Waals surface area contributed by atoms with Crippen LogP contribution < -0.4 is 5.32 Å². The lowest BCUT2D eigenvalue weighted by molar-refractivity contribution is -0.141. The van der Waals surface area contributed by atoms with Crippen LogP contribution in [-0.4, -0.2) is 35.6 Å². The summed E-state index contributed by atoms with van der Waals surface area (Å²) >= 11 is 7.66. The zero-order chi connectivity index (χ0) is 24.3. The van der Waals surface area contributed by atoms with E-state index in [4.69, 9.17) is 11.6 Å². The van der Waals surface area contributed by atoms with Crippen molar-refractivity contribution in [1.29, 1.82) is 0 Å². The fraction of sp³-hybridized carbons (Fsp3) is 0.286. The molecule has 0 aliphatic carbocycles. The molecule has 0 bridgehead atoms. The van der Waals surface area contributed by atoms with Crippen molar-refractivity contribution in [2.45, 2.75) is 43.7 Å². The summed E-state index contributed by atoms with van der Waals surface area (Å²) in [7, 11) is 1.62. The van der Waals surface area contributed by atoms with Crippen molar-refractivity contribution in [2.24, 2.45) is 0 Å². The number of nitrogens with zero attached hydrogens (tertiary/aromatic N) is 1. The van der Waals surface area contributed by atoms with E-state index in [0.717, 1.165) is 33.8 Å². The summed E-state index contributed by atoms with van der Waals surface area (Å²) in [6.07, 6.45) is 1.58. The third kappa shape index (κ3) is 7.93. The Balaban J connectivity index is 1.73. The predicted molar refractivity (Wildman–Crippen MR) is 141 cm³/mol. The van der Waals surface area contributed by atoms with Gasteiger partial charge < -0.3 is 10.2 Å². The van der Waals surface area contributed by atoms with E-state index in [0.29, 0.717) is 24.4 Å². The van der Waals surface area contributed by atoms with Crippen molar-refractivity contribution >= 4 is 35.2 Å². The van der Waals surface area contributed by atoms with E-state index in [1.807, 2.05) is 85.8 Å². The van der Waals surface area contributed by atoms with Gasteiger partial charge in [-0.1, -0.05) is 71.8 Å². The summed E-state index contributed by atoms with van der Waals surface area (Å²) in [4.78, 5) is 29.2. The maximum Gasteiger partial charge on any atom is 0.242 e. The quantitative estimate of drug-likeness (QED) is 0.266. The number of aryl methyl sites for hydroxylation is 1. The van der Waals surface area contributed by atoms with Crippen LogP contribution in [0.3, 0.4) is 0 Å². The van der Waals surface area contributed by atoms with Crippen LogP contribution in [0.1, 0.15) is 29.5 Å². The Labute approximate surface area is 211 Å². The number of likely N-dealkylation sites (N-methyl/N-ethyl adjacent to an activating group) is 1. The Morgan fingerprint density at radius 3 is 2.26 bits per heavy atom. The number of rotatable bonds is 11. The van der Waals surface area contributed by atoms with E-state index >= 15 is 0 Å². The minimum Gasteiger partial charge on any atom is -0.357 e. The molecule has 34 heavy (non-hydrogen) atoms. The first-order valence-electron chi connectivity index (χ1n) is 11.4. The van der Waals surface area contributed by atoms with Crippen molar-refractivity contribution in [3.63, 3.8) is 0 Å². The maximum absolute atomic E-state index is 13.4. The first kappa shape index (κ1) is 25.9. The molecule has 0 heterocycles. The number of carbonyl (C=O) groups excluding carboxylic acids is 2. The summed E-state index contributed by atoms with van der Waals surface area (Å²) in [5.74, 6) is 0.649. The van der Waals surface area contributed by atoms with Gasteiger partial charge in [-0.2, -0.15) is 0 Å². The van der Waals surface area contributed by atoms with Gasteiger partial charge in [-0.15, -0.1) is 11.8 Å². The lowest BCUT2D eigenvalue weighted by Crippen LogP contribution is -2.49. The molecule has 0 radical (unpaired) electrons. The molecule has 3 rings (SSSR count). The molecule has 4 nitrogen and oxygen atoms in total. The largest absolute Gasteiger partial charge is 0.357 e. The molecule has 6 heteroatoms. The summed E-state index contributed by atoms with van der Waals surface area (Å²) in [5.41, 5.74) is 3.19. The van der Waals surface area contributed by atoms with Gasteiger partial charge >= 0.3 is 0 Å². The molecule has 1 N–H and O–H groups in total. The Kier molecular flexibility index (Phi) is 10.0. The lowest BCUT2D eigenvalue weighted by Gasteiger charge is -2.31. The standard InChI is InChI=1S/C28H31ClN2O2S/c1-21-10-12-23(13-11-21)20-31(26(28(33)30-2)19-22-7-4-3-5-8-22)27(32)9-6-18-34-25-16-14-24(29)15-17-25/h3-5,7-8,10-17,26H,6,9,18-20H2,1-2H3,(H,30,33)/t26-/m1/s1. The molecule has 0 aromatic heterocycles. The molecule has 0 aliphatic heterocycles. The number of thioether (sulfide) groups is 1. The average Bonchev–Trinajstić information content (AvgIpc) is 2.86. The Bertz CT molecular complexity index is 1060. The zero-order valence-electron chi connectivity index (χ0n) is 19.7. The van der Waals surface area contributed by atoms with Gasteiger partial charge in [0, 0.05) is 36.4 Å². The zero-order valence-corrected chi connectivity index (χ0v) is 21.2. The molecule has 3 aromatic carbocycles. The average molecular weight is 495 g/mol. The highest BCUT2D eigenvalue weighted by Crippen LogP contribution is 2.22. The van der Waals surface area contributed by atoms with Crippen LogP contribution in [0.2, 0.25) is 5.02 Å². The minimum absolute atomic E-state index is 0.0122. The second kappa shape index (κ2) is 13.2. The molecule has 1 atom stereocenters. The van der Waals surface area contributed by atoms with E-state index < -0.39 is 6.04 Å². The van der Waals surface area contributed by atoms with Gasteiger partial charge in [0.25, 0.3) is 0 Å². The van der Waals surface area contributed by atoms with Crippen LogP contribution in [-0.2, 0) is 22.6 Å². The van der Waals surface area contributed by atoms with Gasteiger partial charge in [0.2, 0.25) is 11.8 Å². The number of hydrogen-bond acceptors (Lipinski definition) is 3. The highest BCUT2D eigenvalue weighted by molar-refractivity contribution is 7.99. The molecule has 0 saturated heterocycles. The smallest absolute Gasteiger partial charge is 0.242 e. The molecule has 0 unspecified atom stereocenters. The summed E-state index contributed by atoms with van der Waals surface area (Å²) in [6, 6.07) is 25.1. The Hall–Kier alpha value is -2.76. The number of halogens is 1. The molecule has 178 valence electrons. The van der Waals surface area contributed by atoms with Gasteiger partial charge in [0.05, 0.1) is 0 Å². The second-order valence-corrected chi connectivity index (χ2v) is 9.84. The van der Waals surface area contributed by atoms with Gasteiger partial charge in [-0.3, -0.25) is 9.59 Å². The number of carbonyl (C=O) groups is 2. The van der Waals surface area contributed by atoms with E-state index in [9.17, 15) is 9.59 Å². The molecule has 0 aliphatic rings. The minimum atomic E-state index is -0.579. The van der Waals surface area contributed by atoms with Crippen LogP contribution in [0.4, 0.5) is 0 Å². The van der Waals surface area contributed by atoms with Gasteiger partial charge in [0.15, 0.2) is 0 Å². The van der Waals surface area contributed by atoms with Crippen molar-refractivity contribution in [2.75, 3.05) is 12.8 Å². The van der Waals surface area contributed by atoms with Crippen molar-refractivity contribution in [1.82, 2.24) is 10.2 Å². The molecule has 2 amide bonds. The third-order valence-corrected chi connectivity index (χ3v) is 6.96. The molecular formula is C28H31ClN2O2S. The highest BCUT2D eigenvalue weighted by atomic mass is 35.5. The summed E-state index contributed by atoms with van der Waals surface area (Å²) in [5, 5.41) is 3.47. The van der Waals surface area contributed by atoms with E-state index in [1.165, 1.54) is 0 Å². The Morgan fingerprint density at radius 1 is 0.941 bits per heavy atom. The number of benzene rings is 3. The van der Waals surface area contributed by atoms with E-state index in [1.54, 1.807) is 23.7 Å². The fourth-order valence-corrected chi connectivity index (χ4v) is 4.68. The SMILES string of the molecule is CNC(=O)[C@@H](Cc1ccccc1)N(Cc1ccc(C)cc1)C(=O)CCCSc1ccc(Cl)cc1. The predicted octanol–water partition coefficient (Wildman–Crippen LogP) is 5.91. The van der Waals surface area contributed by atoms with Crippen LogP contribution in [0.15, 0.2) is 83.8 Å². The maximum atomic E-state index is 13.4. The first-order valence-corrected chi connectivity index (χ1v) is 12.8. The second-order valence-electron chi connectivity index (χ2n) is 8.23.